The number of halogens is 1. The van der Waals surface area contributed by atoms with Crippen LogP contribution in [-0.2, 0) is 22.6 Å². The molecule has 1 heterocycles. The van der Waals surface area contributed by atoms with Gasteiger partial charge in [0.05, 0.1) is 18.6 Å². The van der Waals surface area contributed by atoms with E-state index >= 15 is 0 Å². The summed E-state index contributed by atoms with van der Waals surface area (Å²) < 4.78 is 5.78. The molecule has 156 valence electrons. The fourth-order valence-electron chi connectivity index (χ4n) is 3.44. The van der Waals surface area contributed by atoms with Crippen LogP contribution in [0.25, 0.3) is 0 Å². The van der Waals surface area contributed by atoms with Crippen molar-refractivity contribution in [1.82, 2.24) is 10.2 Å². The monoisotopic (exact) mass is 418 g/mol. The van der Waals surface area contributed by atoms with Gasteiger partial charge in [0.2, 0.25) is 5.91 Å². The second-order valence-corrected chi connectivity index (χ2v) is 7.83. The Morgan fingerprint density at radius 3 is 2.48 bits per heavy atom. The molecule has 2 aromatic rings. The quantitative estimate of drug-likeness (QED) is 0.610. The number of carbonyl (C=O) groups is 1. The number of aliphatic hydroxyl groups excluding tert-OH is 2. The molecular weight excluding hydrogens is 392 g/mol. The molecule has 0 unspecified atom stereocenters. The molecule has 3 N–H and O–H groups in total. The van der Waals surface area contributed by atoms with Gasteiger partial charge in [0.1, 0.15) is 12.2 Å². The van der Waals surface area contributed by atoms with Crippen LogP contribution in [0.5, 0.6) is 0 Å². The fraction of sp³-hybridized carbons (Fsp3) is 0.409. The number of hydrogen-bond donors (Lipinski definition) is 3. The lowest BCUT2D eigenvalue weighted by Gasteiger charge is -2.21. The Hall–Kier alpha value is -1.96. The van der Waals surface area contributed by atoms with Gasteiger partial charge < -0.3 is 25.2 Å². The van der Waals surface area contributed by atoms with Gasteiger partial charge in [0, 0.05) is 31.7 Å². The highest BCUT2D eigenvalue weighted by molar-refractivity contribution is 6.30. The van der Waals surface area contributed by atoms with Crippen LogP contribution in [0.2, 0.25) is 5.02 Å². The molecule has 1 saturated heterocycles. The van der Waals surface area contributed by atoms with Gasteiger partial charge in [0.25, 0.3) is 0 Å². The molecular formula is C22H27ClN2O4. The van der Waals surface area contributed by atoms with Crippen molar-refractivity contribution in [3.63, 3.8) is 0 Å². The third-order valence-electron chi connectivity index (χ3n) is 5.09. The first-order valence-corrected chi connectivity index (χ1v) is 10.1. The van der Waals surface area contributed by atoms with E-state index in [-0.39, 0.29) is 12.3 Å². The first kappa shape index (κ1) is 21.7. The van der Waals surface area contributed by atoms with Crippen LogP contribution in [0.15, 0.2) is 54.6 Å². The Kier molecular flexibility index (Phi) is 7.64. The Morgan fingerprint density at radius 1 is 1.07 bits per heavy atom. The lowest BCUT2D eigenvalue weighted by atomic mass is 10.0. The number of benzene rings is 2. The van der Waals surface area contributed by atoms with Gasteiger partial charge in [-0.05, 0) is 23.3 Å². The minimum atomic E-state index is -1.10. The average molecular weight is 419 g/mol. The summed E-state index contributed by atoms with van der Waals surface area (Å²) in [5.74, 6) is -0.141. The van der Waals surface area contributed by atoms with E-state index in [0.29, 0.717) is 24.7 Å². The Labute approximate surface area is 176 Å². The minimum Gasteiger partial charge on any atom is -0.388 e. The van der Waals surface area contributed by atoms with E-state index in [1.165, 1.54) is 0 Å². The number of rotatable bonds is 8. The molecule has 6 nitrogen and oxygen atoms in total. The van der Waals surface area contributed by atoms with Crippen molar-refractivity contribution in [1.29, 1.82) is 0 Å². The molecule has 1 aliphatic rings. The molecule has 0 aliphatic carbocycles. The summed E-state index contributed by atoms with van der Waals surface area (Å²) in [6.45, 7) is 1.40. The van der Waals surface area contributed by atoms with Gasteiger partial charge in [0.15, 0.2) is 0 Å². The molecule has 2 aromatic carbocycles. The second-order valence-electron chi connectivity index (χ2n) is 7.39. The zero-order valence-corrected chi connectivity index (χ0v) is 17.1. The highest BCUT2D eigenvalue weighted by Gasteiger charge is 2.43. The number of nitrogens with one attached hydrogen (secondary N) is 1. The van der Waals surface area contributed by atoms with E-state index in [1.54, 1.807) is 11.9 Å². The highest BCUT2D eigenvalue weighted by atomic mass is 35.5. The van der Waals surface area contributed by atoms with Crippen molar-refractivity contribution < 1.29 is 19.7 Å². The zero-order valence-electron chi connectivity index (χ0n) is 16.4. The molecule has 3 rings (SSSR count). The van der Waals surface area contributed by atoms with Crippen LogP contribution in [0.1, 0.15) is 17.5 Å². The van der Waals surface area contributed by atoms with Gasteiger partial charge in [-0.3, -0.25) is 4.79 Å². The van der Waals surface area contributed by atoms with E-state index in [4.69, 9.17) is 16.3 Å². The summed E-state index contributed by atoms with van der Waals surface area (Å²) in [7, 11) is 1.72. The standard InChI is InChI=1S/C22H27ClN2O4/c1-25(14-15-6-3-2-4-7-15)20(26)11-18-21(27)22(28)19(29-18)13-24-12-16-8-5-9-17(23)10-16/h2-10,18-19,21-22,24,27-28H,11-14H2,1H3/t18-,19+,21-,22+/m0/s1. The summed E-state index contributed by atoms with van der Waals surface area (Å²) in [6.07, 6.45) is -3.43. The largest absolute Gasteiger partial charge is 0.388 e. The SMILES string of the molecule is CN(Cc1ccccc1)C(=O)C[C@@H]1O[C@H](CNCc2cccc(Cl)c2)[C@@H](O)[C@H]1O. The number of aliphatic hydroxyl groups is 2. The summed E-state index contributed by atoms with van der Waals surface area (Å²) in [4.78, 5) is 14.1. The van der Waals surface area contributed by atoms with Crippen molar-refractivity contribution in [3.8, 4) is 0 Å². The molecule has 4 atom stereocenters. The molecule has 0 bridgehead atoms. The van der Waals surface area contributed by atoms with Gasteiger partial charge in [-0.2, -0.15) is 0 Å². The Bertz CT molecular complexity index is 804. The third kappa shape index (κ3) is 6.01. The van der Waals surface area contributed by atoms with E-state index in [0.717, 1.165) is 11.1 Å². The van der Waals surface area contributed by atoms with Crippen LogP contribution in [-0.4, -0.2) is 59.0 Å². The maximum atomic E-state index is 12.5. The minimum absolute atomic E-state index is 0.0202. The first-order valence-electron chi connectivity index (χ1n) is 9.68. The van der Waals surface area contributed by atoms with Crippen LogP contribution in [0, 0.1) is 0 Å². The first-order chi connectivity index (χ1) is 13.9. The van der Waals surface area contributed by atoms with Gasteiger partial charge >= 0.3 is 0 Å². The molecule has 0 saturated carbocycles. The van der Waals surface area contributed by atoms with Gasteiger partial charge in [-0.1, -0.05) is 54.1 Å². The van der Waals surface area contributed by atoms with Crippen LogP contribution in [0.3, 0.4) is 0 Å². The Balaban J connectivity index is 1.47. The maximum absolute atomic E-state index is 12.5. The summed E-state index contributed by atoms with van der Waals surface area (Å²) in [5, 5.41) is 24.5. The predicted molar refractivity (Wildman–Crippen MR) is 111 cm³/mol. The van der Waals surface area contributed by atoms with E-state index in [2.05, 4.69) is 5.32 Å². The van der Waals surface area contributed by atoms with E-state index < -0.39 is 24.4 Å². The van der Waals surface area contributed by atoms with Crippen molar-refractivity contribution in [3.05, 3.63) is 70.7 Å². The maximum Gasteiger partial charge on any atom is 0.225 e. The van der Waals surface area contributed by atoms with Crippen molar-refractivity contribution in [2.24, 2.45) is 0 Å². The molecule has 7 heteroatoms. The Morgan fingerprint density at radius 2 is 1.76 bits per heavy atom. The zero-order chi connectivity index (χ0) is 20.8. The van der Waals surface area contributed by atoms with Gasteiger partial charge in [-0.15, -0.1) is 0 Å². The van der Waals surface area contributed by atoms with E-state index in [9.17, 15) is 15.0 Å². The predicted octanol–water partition coefficient (Wildman–Crippen LogP) is 1.97. The molecule has 1 aliphatic heterocycles. The summed E-state index contributed by atoms with van der Waals surface area (Å²) >= 11 is 5.98. The molecule has 0 spiro atoms. The number of amides is 1. The number of carbonyl (C=O) groups excluding carboxylic acids is 1. The third-order valence-corrected chi connectivity index (χ3v) is 5.32. The molecule has 1 fully saturated rings. The highest BCUT2D eigenvalue weighted by Crippen LogP contribution is 2.24. The lowest BCUT2D eigenvalue weighted by Crippen LogP contribution is -2.38. The summed E-state index contributed by atoms with van der Waals surface area (Å²) in [5.41, 5.74) is 2.04. The summed E-state index contributed by atoms with van der Waals surface area (Å²) in [6, 6.07) is 17.2. The van der Waals surface area contributed by atoms with Crippen molar-refractivity contribution >= 4 is 17.5 Å². The average Bonchev–Trinajstić information content (AvgIpc) is 2.97. The molecule has 0 aromatic heterocycles. The number of ether oxygens (including phenoxy) is 1. The smallest absolute Gasteiger partial charge is 0.225 e. The van der Waals surface area contributed by atoms with Crippen LogP contribution >= 0.6 is 11.6 Å². The molecule has 29 heavy (non-hydrogen) atoms. The normalized spacial score (nSPS) is 23.9. The van der Waals surface area contributed by atoms with E-state index in [1.807, 2.05) is 54.6 Å². The van der Waals surface area contributed by atoms with Gasteiger partial charge in [-0.25, -0.2) is 0 Å². The topological polar surface area (TPSA) is 82.0 Å². The lowest BCUT2D eigenvalue weighted by molar-refractivity contribution is -0.134. The van der Waals surface area contributed by atoms with Crippen molar-refractivity contribution in [2.75, 3.05) is 13.6 Å². The van der Waals surface area contributed by atoms with Crippen LogP contribution < -0.4 is 5.32 Å². The fourth-order valence-corrected chi connectivity index (χ4v) is 3.66. The second kappa shape index (κ2) is 10.2. The van der Waals surface area contributed by atoms with Crippen LogP contribution in [0.4, 0.5) is 0 Å². The number of nitrogens with zero attached hydrogens (tertiary/aromatic N) is 1. The van der Waals surface area contributed by atoms with Crippen molar-refractivity contribution in [2.45, 2.75) is 43.9 Å². The number of hydrogen-bond acceptors (Lipinski definition) is 5. The molecule has 1 amide bonds. The molecule has 0 radical (unpaired) electrons.